The molecule has 0 saturated carbocycles. The van der Waals surface area contributed by atoms with E-state index in [1.54, 1.807) is 12.3 Å². The Hall–Kier alpha value is -1.48. The number of rotatable bonds is 4. The summed E-state index contributed by atoms with van der Waals surface area (Å²) >= 11 is 5.83. The summed E-state index contributed by atoms with van der Waals surface area (Å²) in [5.41, 5.74) is 1.88. The van der Waals surface area contributed by atoms with Gasteiger partial charge in [-0.25, -0.2) is 4.98 Å². The van der Waals surface area contributed by atoms with Gasteiger partial charge in [-0.1, -0.05) is 18.5 Å². The van der Waals surface area contributed by atoms with Gasteiger partial charge < -0.3 is 9.73 Å². The van der Waals surface area contributed by atoms with Crippen molar-refractivity contribution < 1.29 is 4.42 Å². The Morgan fingerprint density at radius 2 is 2.24 bits per heavy atom. The Labute approximate surface area is 106 Å². The zero-order valence-electron chi connectivity index (χ0n) is 9.90. The molecule has 0 spiro atoms. The van der Waals surface area contributed by atoms with Crippen molar-refractivity contribution in [3.8, 4) is 0 Å². The molecule has 90 valence electrons. The van der Waals surface area contributed by atoms with Crippen molar-refractivity contribution in [2.45, 2.75) is 26.3 Å². The van der Waals surface area contributed by atoms with Crippen molar-refractivity contribution in [3.05, 3.63) is 47.1 Å². The molecule has 0 aliphatic carbocycles. The minimum Gasteiger partial charge on any atom is -0.467 e. The molecule has 1 unspecified atom stereocenters. The highest BCUT2D eigenvalue weighted by atomic mass is 35.5. The van der Waals surface area contributed by atoms with E-state index in [9.17, 15) is 0 Å². The van der Waals surface area contributed by atoms with Crippen LogP contribution in [0.4, 0.5) is 5.69 Å². The quantitative estimate of drug-likeness (QED) is 0.827. The van der Waals surface area contributed by atoms with Gasteiger partial charge in [0.1, 0.15) is 10.9 Å². The van der Waals surface area contributed by atoms with Gasteiger partial charge in [0.2, 0.25) is 0 Å². The highest BCUT2D eigenvalue weighted by Gasteiger charge is 2.13. The summed E-state index contributed by atoms with van der Waals surface area (Å²) in [6.45, 7) is 4.04. The normalized spacial score (nSPS) is 12.4. The van der Waals surface area contributed by atoms with Crippen molar-refractivity contribution in [1.82, 2.24) is 4.98 Å². The third kappa shape index (κ3) is 2.80. The maximum absolute atomic E-state index is 5.83. The number of halogens is 1. The van der Waals surface area contributed by atoms with E-state index in [0.717, 1.165) is 23.6 Å². The summed E-state index contributed by atoms with van der Waals surface area (Å²) in [5, 5.41) is 3.92. The zero-order chi connectivity index (χ0) is 12.3. The fourth-order valence-corrected chi connectivity index (χ4v) is 1.92. The van der Waals surface area contributed by atoms with Gasteiger partial charge in [0.05, 0.1) is 23.7 Å². The van der Waals surface area contributed by atoms with Crippen LogP contribution in [-0.2, 0) is 0 Å². The van der Waals surface area contributed by atoms with Crippen molar-refractivity contribution >= 4 is 17.3 Å². The van der Waals surface area contributed by atoms with Crippen LogP contribution in [-0.4, -0.2) is 4.98 Å². The van der Waals surface area contributed by atoms with E-state index in [1.807, 2.05) is 25.1 Å². The van der Waals surface area contributed by atoms with Gasteiger partial charge in [-0.05, 0) is 37.6 Å². The number of pyridine rings is 1. The number of aromatic nitrogens is 1. The van der Waals surface area contributed by atoms with Crippen LogP contribution in [0.15, 0.2) is 34.9 Å². The van der Waals surface area contributed by atoms with E-state index >= 15 is 0 Å². The average molecular weight is 251 g/mol. The highest BCUT2D eigenvalue weighted by molar-refractivity contribution is 6.29. The third-order valence-corrected chi connectivity index (χ3v) is 2.89. The van der Waals surface area contributed by atoms with Crippen LogP contribution in [0.2, 0.25) is 5.15 Å². The summed E-state index contributed by atoms with van der Waals surface area (Å²) in [7, 11) is 0. The molecule has 0 bridgehead atoms. The minimum atomic E-state index is 0.159. The molecule has 3 nitrogen and oxygen atoms in total. The largest absolute Gasteiger partial charge is 0.467 e. The molecule has 0 aliphatic heterocycles. The van der Waals surface area contributed by atoms with Crippen LogP contribution in [0.1, 0.15) is 30.8 Å². The average Bonchev–Trinajstić information content (AvgIpc) is 2.81. The molecule has 0 saturated heterocycles. The zero-order valence-corrected chi connectivity index (χ0v) is 10.7. The summed E-state index contributed by atoms with van der Waals surface area (Å²) < 4.78 is 5.41. The number of aryl methyl sites for hydroxylation is 1. The molecule has 17 heavy (non-hydrogen) atoms. The molecule has 2 heterocycles. The molecular weight excluding hydrogens is 236 g/mol. The molecule has 0 aliphatic rings. The maximum Gasteiger partial charge on any atom is 0.129 e. The predicted molar refractivity (Wildman–Crippen MR) is 69.3 cm³/mol. The molecule has 1 N–H and O–H groups in total. The monoisotopic (exact) mass is 250 g/mol. The van der Waals surface area contributed by atoms with E-state index in [0.29, 0.717) is 5.15 Å². The molecule has 1 atom stereocenters. The fraction of sp³-hybridized carbons (Fsp3) is 0.308. The summed E-state index contributed by atoms with van der Waals surface area (Å²) in [4.78, 5) is 4.21. The number of anilines is 1. The summed E-state index contributed by atoms with van der Waals surface area (Å²) in [5.74, 6) is 0.932. The van der Waals surface area contributed by atoms with Gasteiger partial charge in [0, 0.05) is 0 Å². The smallest absolute Gasteiger partial charge is 0.129 e. The van der Waals surface area contributed by atoms with Crippen LogP contribution < -0.4 is 5.32 Å². The Morgan fingerprint density at radius 3 is 2.82 bits per heavy atom. The highest BCUT2D eigenvalue weighted by Crippen LogP contribution is 2.25. The minimum absolute atomic E-state index is 0.159. The fourth-order valence-electron chi connectivity index (χ4n) is 1.73. The lowest BCUT2D eigenvalue weighted by molar-refractivity contribution is 0.474. The molecule has 0 amide bonds. The van der Waals surface area contributed by atoms with Gasteiger partial charge in [-0.2, -0.15) is 0 Å². The molecule has 4 heteroatoms. The van der Waals surface area contributed by atoms with Gasteiger partial charge in [-0.15, -0.1) is 0 Å². The second kappa shape index (κ2) is 5.23. The van der Waals surface area contributed by atoms with Crippen LogP contribution in [0, 0.1) is 6.92 Å². The van der Waals surface area contributed by atoms with Gasteiger partial charge in [0.15, 0.2) is 0 Å². The van der Waals surface area contributed by atoms with Crippen LogP contribution >= 0.6 is 11.6 Å². The van der Waals surface area contributed by atoms with E-state index in [2.05, 4.69) is 17.2 Å². The third-order valence-electron chi connectivity index (χ3n) is 2.68. The second-order valence-electron chi connectivity index (χ2n) is 3.89. The molecule has 0 radical (unpaired) electrons. The van der Waals surface area contributed by atoms with Crippen molar-refractivity contribution in [2.24, 2.45) is 0 Å². The molecular formula is C13H15ClN2O. The molecule has 0 fully saturated rings. The molecule has 2 aromatic heterocycles. The van der Waals surface area contributed by atoms with Crippen molar-refractivity contribution in [3.63, 3.8) is 0 Å². The Morgan fingerprint density at radius 1 is 1.41 bits per heavy atom. The van der Waals surface area contributed by atoms with Crippen molar-refractivity contribution in [1.29, 1.82) is 0 Å². The van der Waals surface area contributed by atoms with Crippen molar-refractivity contribution in [2.75, 3.05) is 5.32 Å². The lowest BCUT2D eigenvalue weighted by Crippen LogP contribution is -2.10. The Balaban J connectivity index is 2.19. The Kier molecular flexibility index (Phi) is 3.69. The second-order valence-corrected chi connectivity index (χ2v) is 4.27. The Bertz CT molecular complexity index is 482. The first-order chi connectivity index (χ1) is 8.20. The van der Waals surface area contributed by atoms with E-state index in [-0.39, 0.29) is 6.04 Å². The lowest BCUT2D eigenvalue weighted by Gasteiger charge is -2.17. The predicted octanol–water partition coefficient (Wildman–Crippen LogP) is 4.20. The topological polar surface area (TPSA) is 38.1 Å². The number of nitrogens with one attached hydrogen (secondary N) is 1. The SMILES string of the molecule is CCC(Nc1ccc(Cl)nc1C)c1ccco1. The lowest BCUT2D eigenvalue weighted by atomic mass is 10.1. The van der Waals surface area contributed by atoms with Gasteiger partial charge in [-0.3, -0.25) is 0 Å². The van der Waals surface area contributed by atoms with E-state index < -0.39 is 0 Å². The standard InChI is InChI=1S/C13H15ClN2O/c1-3-10(12-5-4-8-17-12)16-11-6-7-13(14)15-9(11)2/h4-8,10,16H,3H2,1-2H3. The first kappa shape index (κ1) is 12.0. The van der Waals surface area contributed by atoms with Gasteiger partial charge in [0.25, 0.3) is 0 Å². The molecule has 2 aromatic rings. The number of nitrogens with zero attached hydrogens (tertiary/aromatic N) is 1. The summed E-state index contributed by atoms with van der Waals surface area (Å²) in [6.07, 6.45) is 2.63. The number of furan rings is 1. The molecule has 2 rings (SSSR count). The van der Waals surface area contributed by atoms with E-state index in [4.69, 9.17) is 16.0 Å². The van der Waals surface area contributed by atoms with Gasteiger partial charge >= 0.3 is 0 Å². The number of hydrogen-bond acceptors (Lipinski definition) is 3. The van der Waals surface area contributed by atoms with Crippen LogP contribution in [0.3, 0.4) is 0 Å². The maximum atomic E-state index is 5.83. The van der Waals surface area contributed by atoms with E-state index in [1.165, 1.54) is 0 Å². The first-order valence-electron chi connectivity index (χ1n) is 5.63. The first-order valence-corrected chi connectivity index (χ1v) is 6.01. The summed E-state index contributed by atoms with van der Waals surface area (Å²) in [6, 6.07) is 7.75. The number of hydrogen-bond donors (Lipinski definition) is 1. The van der Waals surface area contributed by atoms with Crippen LogP contribution in [0.5, 0.6) is 0 Å². The van der Waals surface area contributed by atoms with Crippen LogP contribution in [0.25, 0.3) is 0 Å². The molecule has 0 aromatic carbocycles.